The van der Waals surface area contributed by atoms with Gasteiger partial charge in [0.1, 0.15) is 0 Å². The van der Waals surface area contributed by atoms with Crippen molar-refractivity contribution in [1.29, 1.82) is 0 Å². The molecule has 0 nitrogen and oxygen atoms in total. The predicted octanol–water partition coefficient (Wildman–Crippen LogP) is 4.66. The Hall–Kier alpha value is -0.350. The average molecular weight is 236 g/mol. The lowest BCUT2D eigenvalue weighted by Gasteiger charge is -2.16. The molecule has 0 aliphatic rings. The van der Waals surface area contributed by atoms with Crippen LogP contribution in [-0.2, 0) is 0 Å². The van der Waals surface area contributed by atoms with Crippen molar-refractivity contribution in [3.05, 3.63) is 29.8 Å². The second-order valence-corrected chi connectivity index (χ2v) is 6.20. The van der Waals surface area contributed by atoms with Crippen LogP contribution in [0.3, 0.4) is 0 Å². The van der Waals surface area contributed by atoms with E-state index in [4.69, 9.17) is 0 Å². The van der Waals surface area contributed by atoms with E-state index < -0.39 is 0 Å². The zero-order valence-corrected chi connectivity index (χ0v) is 11.9. The first-order chi connectivity index (χ1) is 7.77. The van der Waals surface area contributed by atoms with Crippen molar-refractivity contribution in [3.63, 3.8) is 0 Å². The Bertz CT molecular complexity index is 293. The number of aryl methyl sites for hydroxylation is 1. The zero-order valence-electron chi connectivity index (χ0n) is 10.9. The molecule has 1 heteroatoms. The summed E-state index contributed by atoms with van der Waals surface area (Å²) >= 11 is 0. The van der Waals surface area contributed by atoms with Crippen LogP contribution in [0.1, 0.15) is 51.5 Å². The van der Waals surface area contributed by atoms with E-state index in [-0.39, 0.29) is 0 Å². The van der Waals surface area contributed by atoms with Gasteiger partial charge in [-0.15, -0.1) is 0 Å². The summed E-state index contributed by atoms with van der Waals surface area (Å²) in [7, 11) is 1.01. The largest absolute Gasteiger partial charge is 0.0869 e. The lowest BCUT2D eigenvalue weighted by atomic mass is 10.1. The van der Waals surface area contributed by atoms with Crippen LogP contribution in [0.15, 0.2) is 24.3 Å². The highest BCUT2D eigenvalue weighted by Gasteiger charge is 2.08. The summed E-state index contributed by atoms with van der Waals surface area (Å²) in [6.07, 6.45) is 6.89. The van der Waals surface area contributed by atoms with Crippen molar-refractivity contribution in [1.82, 2.24) is 0 Å². The van der Waals surface area contributed by atoms with Gasteiger partial charge in [0.15, 0.2) is 0 Å². The van der Waals surface area contributed by atoms with Gasteiger partial charge in [0.25, 0.3) is 0 Å². The number of rotatable bonds is 7. The minimum absolute atomic E-state index is 0.910. The Kier molecular flexibility index (Phi) is 6.73. The zero-order chi connectivity index (χ0) is 11.8. The molecule has 0 aliphatic heterocycles. The topological polar surface area (TPSA) is 0 Å². The van der Waals surface area contributed by atoms with Crippen LogP contribution >= 0.6 is 8.58 Å². The minimum atomic E-state index is 0.910. The summed E-state index contributed by atoms with van der Waals surface area (Å²) in [4.78, 5) is 0. The van der Waals surface area contributed by atoms with E-state index in [0.717, 1.165) is 14.2 Å². The monoisotopic (exact) mass is 236 g/mol. The maximum Gasteiger partial charge on any atom is -0.0199 e. The lowest BCUT2D eigenvalue weighted by Crippen LogP contribution is -2.08. The molecule has 2 atom stereocenters. The van der Waals surface area contributed by atoms with Crippen LogP contribution in [0.4, 0.5) is 0 Å². The van der Waals surface area contributed by atoms with Crippen molar-refractivity contribution >= 4 is 13.9 Å². The summed E-state index contributed by atoms with van der Waals surface area (Å²) in [6.45, 7) is 6.85. The summed E-state index contributed by atoms with van der Waals surface area (Å²) < 4.78 is 0. The van der Waals surface area contributed by atoms with Gasteiger partial charge in [-0.3, -0.25) is 0 Å². The Morgan fingerprint density at radius 3 is 2.50 bits per heavy atom. The molecular formula is C15H25P. The molecule has 0 spiro atoms. The number of unbranched alkanes of at least 4 members (excludes halogenated alkanes) is 2. The van der Waals surface area contributed by atoms with Gasteiger partial charge in [0, 0.05) is 0 Å². The lowest BCUT2D eigenvalue weighted by molar-refractivity contribution is 0.634. The quantitative estimate of drug-likeness (QED) is 0.477. The summed E-state index contributed by atoms with van der Waals surface area (Å²) in [6, 6.07) is 8.85. The third-order valence-corrected chi connectivity index (χ3v) is 5.13. The van der Waals surface area contributed by atoms with Crippen LogP contribution in [0.25, 0.3) is 0 Å². The summed E-state index contributed by atoms with van der Waals surface area (Å²) in [5.41, 5.74) is 2.38. The fourth-order valence-corrected chi connectivity index (χ4v) is 3.47. The molecule has 1 aromatic carbocycles. The highest BCUT2D eigenvalue weighted by molar-refractivity contribution is 7.48. The molecule has 0 N–H and O–H groups in total. The highest BCUT2D eigenvalue weighted by Crippen LogP contribution is 2.27. The van der Waals surface area contributed by atoms with Gasteiger partial charge in [0.05, 0.1) is 0 Å². The van der Waals surface area contributed by atoms with E-state index in [1.165, 1.54) is 37.7 Å². The molecule has 0 saturated heterocycles. The number of benzene rings is 1. The fraction of sp³-hybridized carbons (Fsp3) is 0.600. The standard InChI is InChI=1S/C15H25P/c1-4-6-7-11-14(5-2)16-15-12-9-8-10-13(15)3/h8-10,12,14,16H,4-7,11H2,1-3H3. The molecular weight excluding hydrogens is 211 g/mol. The smallest absolute Gasteiger partial charge is 0.0199 e. The maximum atomic E-state index is 2.34. The first-order valence-electron chi connectivity index (χ1n) is 6.60. The Balaban J connectivity index is 2.46. The van der Waals surface area contributed by atoms with Crippen molar-refractivity contribution in [2.75, 3.05) is 0 Å². The molecule has 0 bridgehead atoms. The molecule has 0 saturated carbocycles. The minimum Gasteiger partial charge on any atom is -0.0869 e. The van der Waals surface area contributed by atoms with E-state index in [1.807, 2.05) is 0 Å². The van der Waals surface area contributed by atoms with Crippen LogP contribution < -0.4 is 5.30 Å². The molecule has 0 radical (unpaired) electrons. The van der Waals surface area contributed by atoms with Crippen LogP contribution in [0.5, 0.6) is 0 Å². The number of hydrogen-bond acceptors (Lipinski definition) is 0. The molecule has 90 valence electrons. The average Bonchev–Trinajstić information content (AvgIpc) is 2.30. The summed E-state index contributed by atoms with van der Waals surface area (Å²) in [5.74, 6) is 0. The van der Waals surface area contributed by atoms with Gasteiger partial charge in [-0.1, -0.05) is 66.0 Å². The number of hydrogen-bond donors (Lipinski definition) is 0. The molecule has 0 amide bonds. The molecule has 16 heavy (non-hydrogen) atoms. The van der Waals surface area contributed by atoms with E-state index in [0.29, 0.717) is 0 Å². The third-order valence-electron chi connectivity index (χ3n) is 3.15. The molecule has 0 aliphatic carbocycles. The fourth-order valence-electron chi connectivity index (χ4n) is 1.97. The van der Waals surface area contributed by atoms with Gasteiger partial charge in [-0.25, -0.2) is 0 Å². The molecule has 1 aromatic rings. The third kappa shape index (κ3) is 4.66. The van der Waals surface area contributed by atoms with E-state index in [1.54, 1.807) is 5.30 Å². The van der Waals surface area contributed by atoms with E-state index in [9.17, 15) is 0 Å². The molecule has 1 rings (SSSR count). The van der Waals surface area contributed by atoms with Crippen LogP contribution in [-0.4, -0.2) is 5.66 Å². The molecule has 0 aromatic heterocycles. The van der Waals surface area contributed by atoms with Gasteiger partial charge in [-0.05, 0) is 36.3 Å². The van der Waals surface area contributed by atoms with Crippen molar-refractivity contribution in [2.24, 2.45) is 0 Å². The second-order valence-electron chi connectivity index (χ2n) is 4.56. The van der Waals surface area contributed by atoms with Crippen molar-refractivity contribution < 1.29 is 0 Å². The van der Waals surface area contributed by atoms with Crippen molar-refractivity contribution in [2.45, 2.75) is 58.5 Å². The SMILES string of the molecule is CCCCCC(CC)Pc1ccccc1C. The Labute approximate surface area is 103 Å². The molecule has 0 fully saturated rings. The van der Waals surface area contributed by atoms with E-state index in [2.05, 4.69) is 45.0 Å². The predicted molar refractivity (Wildman–Crippen MR) is 77.3 cm³/mol. The Morgan fingerprint density at radius 1 is 1.12 bits per heavy atom. The van der Waals surface area contributed by atoms with Crippen molar-refractivity contribution in [3.8, 4) is 0 Å². The highest BCUT2D eigenvalue weighted by atomic mass is 31.1. The van der Waals surface area contributed by atoms with Gasteiger partial charge in [0.2, 0.25) is 0 Å². The summed E-state index contributed by atoms with van der Waals surface area (Å²) in [5, 5.41) is 1.57. The first kappa shape index (κ1) is 13.7. The maximum absolute atomic E-state index is 2.34. The molecule has 0 heterocycles. The van der Waals surface area contributed by atoms with Gasteiger partial charge < -0.3 is 0 Å². The van der Waals surface area contributed by atoms with Crippen LogP contribution in [0.2, 0.25) is 0 Å². The van der Waals surface area contributed by atoms with Gasteiger partial charge in [-0.2, -0.15) is 0 Å². The Morgan fingerprint density at radius 2 is 1.88 bits per heavy atom. The first-order valence-corrected chi connectivity index (χ1v) is 7.67. The van der Waals surface area contributed by atoms with Crippen LogP contribution in [0, 0.1) is 6.92 Å². The molecule has 2 unspecified atom stereocenters. The second kappa shape index (κ2) is 7.85. The van der Waals surface area contributed by atoms with E-state index >= 15 is 0 Å². The van der Waals surface area contributed by atoms with Gasteiger partial charge >= 0.3 is 0 Å². The normalized spacial score (nSPS) is 13.4.